The van der Waals surface area contributed by atoms with Crippen molar-refractivity contribution in [2.45, 2.75) is 258 Å². The number of carbonyl (C=O) groups is 3. The van der Waals surface area contributed by atoms with Crippen LogP contribution in [0.4, 0.5) is 0 Å². The lowest BCUT2D eigenvalue weighted by Crippen LogP contribution is -2.30. The van der Waals surface area contributed by atoms with E-state index in [2.05, 4.69) is 154 Å². The molecule has 0 heterocycles. The van der Waals surface area contributed by atoms with Gasteiger partial charge in [0.05, 0.1) is 0 Å². The topological polar surface area (TPSA) is 78.9 Å². The maximum atomic E-state index is 12.8. The number of esters is 3. The zero-order valence-corrected chi connectivity index (χ0v) is 47.1. The van der Waals surface area contributed by atoms with E-state index in [1.165, 1.54) is 64.2 Å². The first-order valence-electron chi connectivity index (χ1n) is 29.7. The van der Waals surface area contributed by atoms with Gasteiger partial charge in [-0.15, -0.1) is 0 Å². The first-order valence-corrected chi connectivity index (χ1v) is 29.7. The van der Waals surface area contributed by atoms with Crippen LogP contribution in [-0.4, -0.2) is 37.2 Å². The van der Waals surface area contributed by atoms with Crippen molar-refractivity contribution < 1.29 is 28.6 Å². The van der Waals surface area contributed by atoms with Crippen LogP contribution in [0.5, 0.6) is 0 Å². The Morgan fingerprint density at radius 1 is 0.288 bits per heavy atom. The summed E-state index contributed by atoms with van der Waals surface area (Å²) >= 11 is 0. The van der Waals surface area contributed by atoms with Crippen molar-refractivity contribution in [3.63, 3.8) is 0 Å². The van der Waals surface area contributed by atoms with Gasteiger partial charge < -0.3 is 14.2 Å². The number of allylic oxidation sites excluding steroid dienone is 22. The average molecular weight is 1010 g/mol. The van der Waals surface area contributed by atoms with Gasteiger partial charge in [0.15, 0.2) is 6.10 Å². The van der Waals surface area contributed by atoms with E-state index in [4.69, 9.17) is 14.2 Å². The fourth-order valence-corrected chi connectivity index (χ4v) is 7.69. The molecule has 0 aliphatic heterocycles. The largest absolute Gasteiger partial charge is 0.462 e. The number of hydrogen-bond donors (Lipinski definition) is 0. The van der Waals surface area contributed by atoms with Crippen molar-refractivity contribution in [3.8, 4) is 0 Å². The van der Waals surface area contributed by atoms with E-state index in [1.54, 1.807) is 0 Å². The molecule has 0 saturated heterocycles. The highest BCUT2D eigenvalue weighted by atomic mass is 16.6. The van der Waals surface area contributed by atoms with Gasteiger partial charge >= 0.3 is 17.9 Å². The van der Waals surface area contributed by atoms with Gasteiger partial charge in [0.25, 0.3) is 0 Å². The second-order valence-electron chi connectivity index (χ2n) is 19.2. The molecule has 1 unspecified atom stereocenters. The molecule has 0 aromatic carbocycles. The number of rotatable bonds is 52. The lowest BCUT2D eigenvalue weighted by molar-refractivity contribution is -0.167. The molecular weight excluding hydrogens is 901 g/mol. The van der Waals surface area contributed by atoms with E-state index >= 15 is 0 Å². The highest BCUT2D eigenvalue weighted by Gasteiger charge is 2.19. The second-order valence-corrected chi connectivity index (χ2v) is 19.2. The fraction of sp³-hybridized carbons (Fsp3) is 0.627. The Balaban J connectivity index is 4.33. The molecule has 0 amide bonds. The molecular formula is C67H108O6. The quantitative estimate of drug-likeness (QED) is 0.0261. The third-order valence-electron chi connectivity index (χ3n) is 12.1. The maximum absolute atomic E-state index is 12.8. The van der Waals surface area contributed by atoms with Gasteiger partial charge in [-0.1, -0.05) is 251 Å². The summed E-state index contributed by atoms with van der Waals surface area (Å²) in [7, 11) is 0. The summed E-state index contributed by atoms with van der Waals surface area (Å²) in [5, 5.41) is 0. The molecule has 0 radical (unpaired) electrons. The Kier molecular flexibility index (Phi) is 56.4. The van der Waals surface area contributed by atoms with Crippen LogP contribution in [0.3, 0.4) is 0 Å². The van der Waals surface area contributed by atoms with Crippen LogP contribution in [0.15, 0.2) is 134 Å². The van der Waals surface area contributed by atoms with Crippen LogP contribution in [0.25, 0.3) is 0 Å². The maximum Gasteiger partial charge on any atom is 0.306 e. The van der Waals surface area contributed by atoms with Gasteiger partial charge in [0.2, 0.25) is 0 Å². The molecule has 0 rings (SSSR count). The Hall–Kier alpha value is -4.45. The molecule has 0 bridgehead atoms. The minimum atomic E-state index is -0.801. The monoisotopic (exact) mass is 1010 g/mol. The predicted molar refractivity (Wildman–Crippen MR) is 316 cm³/mol. The first kappa shape index (κ1) is 68.6. The molecule has 0 saturated carbocycles. The molecule has 6 nitrogen and oxygen atoms in total. The number of unbranched alkanes of at least 4 members (excludes halogenated alkanes) is 19. The Bertz CT molecular complexity index is 1580. The number of carbonyl (C=O) groups excluding carboxylic acids is 3. The van der Waals surface area contributed by atoms with Crippen LogP contribution in [-0.2, 0) is 28.6 Å². The number of hydrogen-bond acceptors (Lipinski definition) is 6. The van der Waals surface area contributed by atoms with Gasteiger partial charge in [-0.25, -0.2) is 0 Å². The summed E-state index contributed by atoms with van der Waals surface area (Å²) in [6.45, 7) is 6.42. The summed E-state index contributed by atoms with van der Waals surface area (Å²) in [4.78, 5) is 38.0. The smallest absolute Gasteiger partial charge is 0.306 e. The van der Waals surface area contributed by atoms with Crippen molar-refractivity contribution in [2.75, 3.05) is 13.2 Å². The molecule has 0 aromatic heterocycles. The van der Waals surface area contributed by atoms with Crippen molar-refractivity contribution in [3.05, 3.63) is 134 Å². The summed E-state index contributed by atoms with van der Waals surface area (Å²) in [5.74, 6) is -0.950. The summed E-state index contributed by atoms with van der Waals surface area (Å²) in [5.41, 5.74) is 0. The van der Waals surface area contributed by atoms with Crippen LogP contribution < -0.4 is 0 Å². The first-order chi connectivity index (χ1) is 36.0. The zero-order valence-electron chi connectivity index (χ0n) is 47.1. The summed E-state index contributed by atoms with van der Waals surface area (Å²) in [6, 6.07) is 0. The van der Waals surface area contributed by atoms with Gasteiger partial charge in [0, 0.05) is 19.3 Å². The molecule has 0 aliphatic carbocycles. The van der Waals surface area contributed by atoms with Crippen LogP contribution in [0.1, 0.15) is 252 Å². The minimum Gasteiger partial charge on any atom is -0.462 e. The third kappa shape index (κ3) is 58.3. The molecule has 73 heavy (non-hydrogen) atoms. The molecule has 0 N–H and O–H groups in total. The van der Waals surface area contributed by atoms with E-state index < -0.39 is 6.10 Å². The van der Waals surface area contributed by atoms with Crippen molar-refractivity contribution in [1.29, 1.82) is 0 Å². The minimum absolute atomic E-state index is 0.0963. The van der Waals surface area contributed by atoms with Gasteiger partial charge in [-0.3, -0.25) is 14.4 Å². The van der Waals surface area contributed by atoms with Crippen molar-refractivity contribution >= 4 is 17.9 Å². The fourth-order valence-electron chi connectivity index (χ4n) is 7.69. The zero-order chi connectivity index (χ0) is 52.9. The molecule has 0 aliphatic rings. The van der Waals surface area contributed by atoms with Crippen LogP contribution >= 0.6 is 0 Å². The predicted octanol–water partition coefficient (Wildman–Crippen LogP) is 20.2. The van der Waals surface area contributed by atoms with E-state index in [0.717, 1.165) is 148 Å². The van der Waals surface area contributed by atoms with Crippen molar-refractivity contribution in [2.24, 2.45) is 0 Å². The molecule has 0 aromatic rings. The Morgan fingerprint density at radius 3 is 0.890 bits per heavy atom. The van der Waals surface area contributed by atoms with Gasteiger partial charge in [0.1, 0.15) is 13.2 Å². The van der Waals surface area contributed by atoms with E-state index in [0.29, 0.717) is 19.3 Å². The second kappa shape index (κ2) is 60.1. The van der Waals surface area contributed by atoms with E-state index in [9.17, 15) is 14.4 Å². The number of ether oxygens (including phenoxy) is 3. The Labute approximate surface area is 449 Å². The third-order valence-corrected chi connectivity index (χ3v) is 12.1. The molecule has 1 atom stereocenters. The molecule has 412 valence electrons. The lowest BCUT2D eigenvalue weighted by Gasteiger charge is -2.18. The van der Waals surface area contributed by atoms with Crippen molar-refractivity contribution in [1.82, 2.24) is 0 Å². The van der Waals surface area contributed by atoms with E-state index in [1.807, 2.05) is 0 Å². The van der Waals surface area contributed by atoms with Gasteiger partial charge in [-0.2, -0.15) is 0 Å². The van der Waals surface area contributed by atoms with E-state index in [-0.39, 0.29) is 31.1 Å². The molecule has 0 fully saturated rings. The standard InChI is InChI=1S/C67H108O6/c1-4-7-10-13-16-19-22-24-26-27-28-29-30-31-32-33-34-35-36-37-38-39-40-41-42-44-45-48-51-54-57-60-66(69)72-63-64(62-71-65(68)59-56-53-50-47-21-18-15-12-9-6-3)73-67(70)61-58-55-52-49-46-43-25-23-20-17-14-11-8-5-2/h7,10,14,16-17,19,23-26,28-29,31-32,34-35,37-38,40-41,44-45,64H,4-6,8-9,11-13,15,18,20-22,27,30,33,36,39,42-43,46-63H2,1-3H3/b10-7-,17-14-,19-16-,25-23-,26-24-,29-28-,32-31-,35-34-,38-37-,41-40-,45-44-. The summed E-state index contributed by atoms with van der Waals surface area (Å²) in [6.07, 6.45) is 84.5. The highest BCUT2D eigenvalue weighted by Crippen LogP contribution is 2.14. The Morgan fingerprint density at radius 2 is 0.548 bits per heavy atom. The average Bonchev–Trinajstić information content (AvgIpc) is 3.39. The molecule has 6 heteroatoms. The normalized spacial score (nSPS) is 13.1. The SMILES string of the molecule is CC/C=C\C/C=C\C/C=C\C/C=C\C/C=C\C/C=C\C/C=C\C/C=C\C/C=C\CCCCCC(=O)OCC(COC(=O)CCCCCCCCCCCC)OC(=O)CCCCCCC/C=C\C/C=C\CCCC. The lowest BCUT2D eigenvalue weighted by atomic mass is 10.1. The molecule has 0 spiro atoms. The highest BCUT2D eigenvalue weighted by molar-refractivity contribution is 5.71. The van der Waals surface area contributed by atoms with Crippen LogP contribution in [0, 0.1) is 0 Å². The van der Waals surface area contributed by atoms with Gasteiger partial charge in [-0.05, 0) is 116 Å². The summed E-state index contributed by atoms with van der Waals surface area (Å²) < 4.78 is 16.8. The van der Waals surface area contributed by atoms with Crippen LogP contribution in [0.2, 0.25) is 0 Å².